The third-order valence-electron chi connectivity index (χ3n) is 1.64. The zero-order valence-electron chi connectivity index (χ0n) is 7.16. The second-order valence-electron chi connectivity index (χ2n) is 2.30. The smallest absolute Gasteiger partial charge is 0.166 e. The van der Waals surface area contributed by atoms with Crippen molar-refractivity contribution in [2.75, 3.05) is 14.2 Å². The van der Waals surface area contributed by atoms with E-state index in [0.717, 1.165) is 0 Å². The second-order valence-corrected chi connectivity index (χ2v) is 2.30. The molecule has 0 amide bonds. The van der Waals surface area contributed by atoms with Gasteiger partial charge < -0.3 is 9.47 Å². The Balaban J connectivity index is 3.13. The fourth-order valence-electron chi connectivity index (χ4n) is 1.07. The molecule has 3 heteroatoms. The Hall–Kier alpha value is -1.22. The van der Waals surface area contributed by atoms with Crippen LogP contribution in [-0.2, 0) is 11.7 Å². The lowest BCUT2D eigenvalue weighted by molar-refractivity contribution is 0.173. The summed E-state index contributed by atoms with van der Waals surface area (Å²) in [5.74, 6) is 1.14. The first-order valence-electron chi connectivity index (χ1n) is 3.61. The Bertz CT molecular complexity index is 236. The first-order valence-corrected chi connectivity index (χ1v) is 3.61. The minimum Gasteiger partial charge on any atom is -0.493 e. The highest BCUT2D eigenvalue weighted by molar-refractivity contribution is 5.46. The van der Waals surface area contributed by atoms with Crippen LogP contribution in [0.4, 0.5) is 0 Å². The number of hydrogen-bond donors (Lipinski definition) is 0. The normalized spacial score (nSPS) is 9.58. The number of benzene rings is 1. The van der Waals surface area contributed by atoms with Crippen molar-refractivity contribution in [3.05, 3.63) is 23.8 Å². The van der Waals surface area contributed by atoms with Gasteiger partial charge >= 0.3 is 0 Å². The van der Waals surface area contributed by atoms with Crippen molar-refractivity contribution in [2.24, 2.45) is 0 Å². The lowest BCUT2D eigenvalue weighted by Crippen LogP contribution is -1.94. The average Bonchev–Trinajstić information content (AvgIpc) is 2.16. The van der Waals surface area contributed by atoms with E-state index in [9.17, 15) is 5.11 Å². The Kier molecular flexibility index (Phi) is 2.94. The lowest BCUT2D eigenvalue weighted by Gasteiger charge is -2.09. The number of para-hydroxylation sites is 1. The van der Waals surface area contributed by atoms with Crippen LogP contribution in [-0.4, -0.2) is 14.2 Å². The Morgan fingerprint density at radius 3 is 2.50 bits per heavy atom. The Morgan fingerprint density at radius 2 is 2.00 bits per heavy atom. The minimum absolute atomic E-state index is 0.291. The van der Waals surface area contributed by atoms with Gasteiger partial charge in [-0.3, -0.25) is 0 Å². The van der Waals surface area contributed by atoms with Gasteiger partial charge in [0.15, 0.2) is 11.5 Å². The number of ether oxygens (including phenoxy) is 2. The van der Waals surface area contributed by atoms with Crippen LogP contribution in [0.15, 0.2) is 18.2 Å². The summed E-state index contributed by atoms with van der Waals surface area (Å²) in [5.41, 5.74) is 0.622. The number of hydrogen-bond acceptors (Lipinski definition) is 2. The van der Waals surface area contributed by atoms with E-state index in [2.05, 4.69) is 0 Å². The molecule has 0 unspecified atom stereocenters. The molecule has 0 aromatic heterocycles. The van der Waals surface area contributed by atoms with Crippen LogP contribution in [0.1, 0.15) is 5.56 Å². The van der Waals surface area contributed by atoms with Gasteiger partial charge in [-0.05, 0) is 6.07 Å². The highest BCUT2D eigenvalue weighted by Crippen LogP contribution is 2.30. The average molecular weight is 167 g/mol. The molecule has 0 bridgehead atoms. The van der Waals surface area contributed by atoms with Gasteiger partial charge in [-0.15, -0.1) is 0 Å². The van der Waals surface area contributed by atoms with Gasteiger partial charge in [0.1, 0.15) is 6.61 Å². The maximum absolute atomic E-state index is 10.6. The molecule has 1 rings (SSSR count). The number of rotatable bonds is 3. The summed E-state index contributed by atoms with van der Waals surface area (Å²) in [4.78, 5) is 0. The van der Waals surface area contributed by atoms with E-state index in [1.54, 1.807) is 25.3 Å². The topological polar surface area (TPSA) is 38.4 Å². The molecule has 0 fully saturated rings. The molecule has 3 nitrogen and oxygen atoms in total. The summed E-state index contributed by atoms with van der Waals surface area (Å²) < 4.78 is 10.0. The molecule has 0 aliphatic carbocycles. The van der Waals surface area contributed by atoms with Crippen molar-refractivity contribution >= 4 is 0 Å². The molecule has 0 saturated carbocycles. The van der Waals surface area contributed by atoms with Crippen molar-refractivity contribution in [3.8, 4) is 11.5 Å². The van der Waals surface area contributed by atoms with Crippen molar-refractivity contribution < 1.29 is 14.6 Å². The molecule has 0 spiro atoms. The summed E-state index contributed by atoms with van der Waals surface area (Å²) in [6.45, 7) is -0.291. The van der Waals surface area contributed by atoms with Crippen LogP contribution in [0.5, 0.6) is 11.5 Å². The Labute approximate surface area is 71.5 Å². The fraction of sp³-hybridized carbons (Fsp3) is 0.333. The van der Waals surface area contributed by atoms with Crippen LogP contribution in [0, 0.1) is 0 Å². The van der Waals surface area contributed by atoms with Gasteiger partial charge in [0.2, 0.25) is 0 Å². The highest BCUT2D eigenvalue weighted by atomic mass is 16.5. The maximum atomic E-state index is 10.6. The van der Waals surface area contributed by atoms with Gasteiger partial charge in [0, 0.05) is 5.56 Å². The summed E-state index contributed by atoms with van der Waals surface area (Å²) in [7, 11) is 3.07. The molecular weight excluding hydrogens is 156 g/mol. The predicted octanol–water partition coefficient (Wildman–Crippen LogP) is 1.63. The van der Waals surface area contributed by atoms with Crippen LogP contribution in [0.25, 0.3) is 0 Å². The molecule has 0 heterocycles. The van der Waals surface area contributed by atoms with E-state index >= 15 is 0 Å². The molecule has 0 N–H and O–H groups in total. The molecule has 0 aliphatic rings. The van der Waals surface area contributed by atoms with E-state index in [-0.39, 0.29) is 6.61 Å². The van der Waals surface area contributed by atoms with Gasteiger partial charge in [0.05, 0.1) is 14.2 Å². The molecular formula is C9H11O3. The zero-order valence-corrected chi connectivity index (χ0v) is 7.16. The third-order valence-corrected chi connectivity index (χ3v) is 1.64. The van der Waals surface area contributed by atoms with E-state index in [1.807, 2.05) is 0 Å². The molecule has 65 valence electrons. The fourth-order valence-corrected chi connectivity index (χ4v) is 1.07. The molecule has 1 aromatic carbocycles. The SMILES string of the molecule is COc1cccc(C[O])c1OC. The number of methoxy groups -OCH3 is 2. The third kappa shape index (κ3) is 1.51. The van der Waals surface area contributed by atoms with Crippen molar-refractivity contribution in [2.45, 2.75) is 6.61 Å². The van der Waals surface area contributed by atoms with Crippen molar-refractivity contribution in [1.29, 1.82) is 0 Å². The molecule has 0 atom stereocenters. The summed E-state index contributed by atoms with van der Waals surface area (Å²) in [6, 6.07) is 5.26. The van der Waals surface area contributed by atoms with Crippen LogP contribution < -0.4 is 9.47 Å². The maximum Gasteiger partial charge on any atom is 0.166 e. The summed E-state index contributed by atoms with van der Waals surface area (Å²) in [5, 5.41) is 10.6. The van der Waals surface area contributed by atoms with E-state index < -0.39 is 0 Å². The first-order chi connectivity index (χ1) is 5.83. The highest BCUT2D eigenvalue weighted by Gasteiger charge is 2.07. The summed E-state index contributed by atoms with van der Waals surface area (Å²) >= 11 is 0. The second kappa shape index (κ2) is 3.97. The molecule has 1 aromatic rings. The van der Waals surface area contributed by atoms with Crippen LogP contribution >= 0.6 is 0 Å². The molecule has 1 radical (unpaired) electrons. The van der Waals surface area contributed by atoms with Gasteiger partial charge in [-0.2, -0.15) is 0 Å². The van der Waals surface area contributed by atoms with Crippen LogP contribution in [0.3, 0.4) is 0 Å². The summed E-state index contributed by atoms with van der Waals surface area (Å²) in [6.07, 6.45) is 0. The van der Waals surface area contributed by atoms with Gasteiger partial charge in [0.25, 0.3) is 0 Å². The quantitative estimate of drug-likeness (QED) is 0.686. The van der Waals surface area contributed by atoms with E-state index in [1.165, 1.54) is 7.11 Å². The zero-order chi connectivity index (χ0) is 8.97. The monoisotopic (exact) mass is 167 g/mol. The largest absolute Gasteiger partial charge is 0.493 e. The molecule has 12 heavy (non-hydrogen) atoms. The Morgan fingerprint density at radius 1 is 1.25 bits per heavy atom. The minimum atomic E-state index is -0.291. The van der Waals surface area contributed by atoms with Gasteiger partial charge in [-0.1, -0.05) is 12.1 Å². The molecule has 0 aliphatic heterocycles. The lowest BCUT2D eigenvalue weighted by atomic mass is 10.2. The first kappa shape index (κ1) is 8.87. The predicted molar refractivity (Wildman–Crippen MR) is 43.9 cm³/mol. The van der Waals surface area contributed by atoms with Crippen molar-refractivity contribution in [3.63, 3.8) is 0 Å². The van der Waals surface area contributed by atoms with E-state index in [0.29, 0.717) is 17.1 Å². The standard InChI is InChI=1S/C9H11O3/c1-11-8-5-3-4-7(6-10)9(8)12-2/h3-5H,6H2,1-2H3. The van der Waals surface area contributed by atoms with Gasteiger partial charge in [-0.25, -0.2) is 5.11 Å². The van der Waals surface area contributed by atoms with E-state index in [4.69, 9.17) is 9.47 Å². The van der Waals surface area contributed by atoms with Crippen molar-refractivity contribution in [1.82, 2.24) is 0 Å². The molecule has 0 saturated heterocycles. The van der Waals surface area contributed by atoms with Crippen LogP contribution in [0.2, 0.25) is 0 Å².